The highest BCUT2D eigenvalue weighted by molar-refractivity contribution is 5.87. The molecule has 2 aliphatic rings. The van der Waals surface area contributed by atoms with E-state index in [1.165, 1.54) is 6.92 Å². The number of nitrogens with one attached hydrogen (secondary N) is 1. The van der Waals surface area contributed by atoms with Gasteiger partial charge in [0.05, 0.1) is 6.54 Å². The summed E-state index contributed by atoms with van der Waals surface area (Å²) >= 11 is 0. The molecule has 27 heavy (non-hydrogen) atoms. The first-order chi connectivity index (χ1) is 13.1. The van der Waals surface area contributed by atoms with Crippen LogP contribution in [0, 0.1) is 0 Å². The Morgan fingerprint density at radius 2 is 2.11 bits per heavy atom. The summed E-state index contributed by atoms with van der Waals surface area (Å²) in [5, 5.41) is 6.94. The van der Waals surface area contributed by atoms with Gasteiger partial charge in [-0.2, -0.15) is 0 Å². The van der Waals surface area contributed by atoms with Crippen LogP contribution in [0.1, 0.15) is 31.6 Å². The molecule has 4 rings (SSSR count). The summed E-state index contributed by atoms with van der Waals surface area (Å²) in [6.45, 7) is 4.45. The molecule has 0 aliphatic carbocycles. The number of nitrogens with zero attached hydrogens (tertiary/aromatic N) is 2. The minimum atomic E-state index is -0.516. The number of carbonyl (C=O) groups is 2. The van der Waals surface area contributed by atoms with Crippen LogP contribution in [0.5, 0.6) is 11.5 Å². The van der Waals surface area contributed by atoms with Gasteiger partial charge < -0.3 is 24.2 Å². The molecule has 2 amide bonds. The van der Waals surface area contributed by atoms with Crippen LogP contribution in [0.3, 0.4) is 0 Å². The van der Waals surface area contributed by atoms with E-state index in [0.29, 0.717) is 43.1 Å². The zero-order valence-electron chi connectivity index (χ0n) is 15.3. The molecule has 1 N–H and O–H groups in total. The van der Waals surface area contributed by atoms with Crippen LogP contribution in [0.25, 0.3) is 11.3 Å². The molecule has 1 aromatic carbocycles. The summed E-state index contributed by atoms with van der Waals surface area (Å²) < 4.78 is 16.3. The van der Waals surface area contributed by atoms with Gasteiger partial charge in [-0.15, -0.1) is 0 Å². The standard InChI is InChI=1S/C19H21N3O5/c1-3-14(20-11(2)23)19(24)22-7-6-15-13(9-22)18(21-27-15)12-4-5-16-17(8-12)26-10-25-16/h4-5,8,14H,3,6-7,9-10H2,1-2H3,(H,20,23)/t14-/m1/s1. The lowest BCUT2D eigenvalue weighted by Crippen LogP contribution is -2.49. The molecule has 2 aliphatic heterocycles. The number of benzene rings is 1. The molecule has 0 unspecified atom stereocenters. The van der Waals surface area contributed by atoms with E-state index in [1.54, 1.807) is 4.90 Å². The van der Waals surface area contributed by atoms with Crippen molar-refractivity contribution in [1.82, 2.24) is 15.4 Å². The van der Waals surface area contributed by atoms with E-state index in [9.17, 15) is 9.59 Å². The van der Waals surface area contributed by atoms with Gasteiger partial charge in [0.1, 0.15) is 17.5 Å². The lowest BCUT2D eigenvalue weighted by atomic mass is 10.00. The summed E-state index contributed by atoms with van der Waals surface area (Å²) in [7, 11) is 0. The normalized spacial score (nSPS) is 16.0. The third-order valence-electron chi connectivity index (χ3n) is 4.87. The summed E-state index contributed by atoms with van der Waals surface area (Å²) in [5.74, 6) is 1.87. The highest BCUT2D eigenvalue weighted by atomic mass is 16.7. The Bertz CT molecular complexity index is 891. The summed E-state index contributed by atoms with van der Waals surface area (Å²) in [4.78, 5) is 25.9. The van der Waals surface area contributed by atoms with Gasteiger partial charge in [-0.05, 0) is 24.6 Å². The van der Waals surface area contributed by atoms with Crippen LogP contribution < -0.4 is 14.8 Å². The second-order valence-corrected chi connectivity index (χ2v) is 6.67. The Kier molecular flexibility index (Phi) is 4.47. The monoisotopic (exact) mass is 371 g/mol. The Labute approximate surface area is 156 Å². The van der Waals surface area contributed by atoms with E-state index in [-0.39, 0.29) is 18.6 Å². The predicted octanol–water partition coefficient (Wildman–Crippen LogP) is 1.87. The van der Waals surface area contributed by atoms with Gasteiger partial charge in [0.25, 0.3) is 0 Å². The van der Waals surface area contributed by atoms with E-state index < -0.39 is 6.04 Å². The van der Waals surface area contributed by atoms with E-state index in [2.05, 4.69) is 10.5 Å². The number of ether oxygens (including phenoxy) is 2. The topological polar surface area (TPSA) is 93.9 Å². The van der Waals surface area contributed by atoms with Gasteiger partial charge >= 0.3 is 0 Å². The average molecular weight is 371 g/mol. The smallest absolute Gasteiger partial charge is 0.245 e. The largest absolute Gasteiger partial charge is 0.454 e. The minimum Gasteiger partial charge on any atom is -0.454 e. The molecule has 2 aromatic rings. The molecular formula is C19H21N3O5. The fourth-order valence-electron chi connectivity index (χ4n) is 3.47. The molecule has 8 nitrogen and oxygen atoms in total. The fourth-order valence-corrected chi connectivity index (χ4v) is 3.47. The van der Waals surface area contributed by atoms with Crippen molar-refractivity contribution >= 4 is 11.8 Å². The Balaban J connectivity index is 1.58. The maximum Gasteiger partial charge on any atom is 0.245 e. The highest BCUT2D eigenvalue weighted by Crippen LogP contribution is 2.38. The molecule has 8 heteroatoms. The second-order valence-electron chi connectivity index (χ2n) is 6.67. The SMILES string of the molecule is CC[C@@H](NC(C)=O)C(=O)N1CCc2onc(-c3ccc4c(c3)OCO4)c2C1. The molecule has 0 saturated heterocycles. The fraction of sp³-hybridized carbons (Fsp3) is 0.421. The van der Waals surface area contributed by atoms with Crippen LogP contribution in [-0.4, -0.2) is 41.3 Å². The first-order valence-corrected chi connectivity index (χ1v) is 9.00. The average Bonchev–Trinajstić information content (AvgIpc) is 3.30. The lowest BCUT2D eigenvalue weighted by molar-refractivity contribution is -0.137. The number of aromatic nitrogens is 1. The van der Waals surface area contributed by atoms with Crippen molar-refractivity contribution in [2.75, 3.05) is 13.3 Å². The second kappa shape index (κ2) is 6.94. The van der Waals surface area contributed by atoms with Crippen LogP contribution in [0.2, 0.25) is 0 Å². The summed E-state index contributed by atoms with van der Waals surface area (Å²) in [6.07, 6.45) is 1.13. The van der Waals surface area contributed by atoms with Gasteiger partial charge in [0.15, 0.2) is 11.5 Å². The minimum absolute atomic E-state index is 0.0869. The Morgan fingerprint density at radius 1 is 1.30 bits per heavy atom. The molecule has 142 valence electrons. The molecule has 0 fully saturated rings. The van der Waals surface area contributed by atoms with Gasteiger partial charge in [-0.1, -0.05) is 12.1 Å². The van der Waals surface area contributed by atoms with Crippen molar-refractivity contribution in [3.63, 3.8) is 0 Å². The lowest BCUT2D eigenvalue weighted by Gasteiger charge is -2.29. The molecule has 1 atom stereocenters. The molecular weight excluding hydrogens is 350 g/mol. The molecule has 0 spiro atoms. The van der Waals surface area contributed by atoms with Gasteiger partial charge in [-0.25, -0.2) is 0 Å². The van der Waals surface area contributed by atoms with Crippen LogP contribution in [0.15, 0.2) is 22.7 Å². The maximum absolute atomic E-state index is 12.8. The van der Waals surface area contributed by atoms with E-state index in [0.717, 1.165) is 16.9 Å². The summed E-state index contributed by atoms with van der Waals surface area (Å²) in [6, 6.07) is 5.10. The number of hydrogen-bond acceptors (Lipinski definition) is 6. The molecule has 3 heterocycles. The maximum atomic E-state index is 12.8. The molecule has 1 aromatic heterocycles. The third kappa shape index (κ3) is 3.22. The van der Waals surface area contributed by atoms with Crippen molar-refractivity contribution in [1.29, 1.82) is 0 Å². The number of amides is 2. The molecule has 0 bridgehead atoms. The summed E-state index contributed by atoms with van der Waals surface area (Å²) in [5.41, 5.74) is 2.45. The Morgan fingerprint density at radius 3 is 2.89 bits per heavy atom. The van der Waals surface area contributed by atoms with Crippen LogP contribution >= 0.6 is 0 Å². The first kappa shape index (κ1) is 17.4. The van der Waals surface area contributed by atoms with Gasteiger partial charge in [-0.3, -0.25) is 9.59 Å². The zero-order valence-corrected chi connectivity index (χ0v) is 15.3. The van der Waals surface area contributed by atoms with E-state index in [1.807, 2.05) is 25.1 Å². The predicted molar refractivity (Wildman–Crippen MR) is 95.1 cm³/mol. The van der Waals surface area contributed by atoms with Crippen molar-refractivity contribution in [2.24, 2.45) is 0 Å². The van der Waals surface area contributed by atoms with Crippen molar-refractivity contribution in [2.45, 2.75) is 39.3 Å². The number of fused-ring (bicyclic) bond motifs is 2. The van der Waals surface area contributed by atoms with Gasteiger partial charge in [0.2, 0.25) is 18.6 Å². The third-order valence-corrected chi connectivity index (χ3v) is 4.87. The van der Waals surface area contributed by atoms with Crippen molar-refractivity contribution in [3.05, 3.63) is 29.5 Å². The zero-order chi connectivity index (χ0) is 19.0. The molecule has 0 saturated carbocycles. The Hall–Kier alpha value is -3.03. The van der Waals surface area contributed by atoms with Crippen molar-refractivity contribution in [3.8, 4) is 22.8 Å². The number of rotatable bonds is 4. The van der Waals surface area contributed by atoms with Crippen LogP contribution in [-0.2, 0) is 22.6 Å². The number of carbonyl (C=O) groups excluding carboxylic acids is 2. The van der Waals surface area contributed by atoms with Crippen LogP contribution in [0.4, 0.5) is 0 Å². The van der Waals surface area contributed by atoms with Crippen molar-refractivity contribution < 1.29 is 23.6 Å². The molecule has 0 radical (unpaired) electrons. The first-order valence-electron chi connectivity index (χ1n) is 9.00. The van der Waals surface area contributed by atoms with Gasteiger partial charge in [0, 0.05) is 31.0 Å². The quantitative estimate of drug-likeness (QED) is 0.882. The van der Waals surface area contributed by atoms with E-state index >= 15 is 0 Å². The highest BCUT2D eigenvalue weighted by Gasteiger charge is 2.31. The number of hydrogen-bond donors (Lipinski definition) is 1. The van der Waals surface area contributed by atoms with E-state index in [4.69, 9.17) is 14.0 Å².